The van der Waals surface area contributed by atoms with Gasteiger partial charge in [0.25, 0.3) is 0 Å². The first-order valence-electron chi connectivity index (χ1n) is 5.39. The number of esters is 1. The van der Waals surface area contributed by atoms with Crippen molar-refractivity contribution in [3.05, 3.63) is 65.8 Å². The van der Waals surface area contributed by atoms with Crippen LogP contribution in [0.4, 0.5) is 0 Å². The maximum atomic E-state index is 11.1. The van der Waals surface area contributed by atoms with E-state index in [1.807, 2.05) is 54.6 Å². The van der Waals surface area contributed by atoms with Gasteiger partial charge in [-0.25, -0.2) is 4.79 Å². The fourth-order valence-corrected chi connectivity index (χ4v) is 1.22. The molecule has 0 spiro atoms. The van der Waals surface area contributed by atoms with Crippen LogP contribution in [0.2, 0.25) is 0 Å². The summed E-state index contributed by atoms with van der Waals surface area (Å²) in [7, 11) is 1.37. The van der Waals surface area contributed by atoms with Crippen LogP contribution in [0.5, 0.6) is 0 Å². The molecule has 1 aromatic rings. The molecular weight excluding hydrogens is 212 g/mol. The van der Waals surface area contributed by atoms with Crippen molar-refractivity contribution in [2.75, 3.05) is 7.11 Å². The van der Waals surface area contributed by atoms with Gasteiger partial charge in [-0.05, 0) is 12.5 Å². The highest BCUT2D eigenvalue weighted by atomic mass is 16.5. The lowest BCUT2D eigenvalue weighted by Gasteiger charge is -1.94. The number of allylic oxidation sites excluding steroid dienone is 4. The van der Waals surface area contributed by atoms with Crippen LogP contribution in [0.1, 0.15) is 12.5 Å². The zero-order valence-corrected chi connectivity index (χ0v) is 10.1. The fraction of sp³-hybridized carbons (Fsp3) is 0.133. The molecule has 0 radical (unpaired) electrons. The number of rotatable bonds is 4. The molecule has 1 aromatic carbocycles. The number of ether oxygens (including phenoxy) is 1. The topological polar surface area (TPSA) is 26.3 Å². The number of methoxy groups -OCH3 is 1. The summed E-state index contributed by atoms with van der Waals surface area (Å²) in [5.74, 6) is -0.304. The van der Waals surface area contributed by atoms with Gasteiger partial charge in [0.15, 0.2) is 0 Å². The quantitative estimate of drug-likeness (QED) is 0.448. The molecule has 2 heteroatoms. The Bertz CT molecular complexity index is 439. The van der Waals surface area contributed by atoms with E-state index in [0.717, 1.165) is 5.56 Å². The van der Waals surface area contributed by atoms with E-state index in [4.69, 9.17) is 0 Å². The zero-order valence-electron chi connectivity index (χ0n) is 10.1. The lowest BCUT2D eigenvalue weighted by Crippen LogP contribution is -2.00. The second kappa shape index (κ2) is 7.23. The van der Waals surface area contributed by atoms with Gasteiger partial charge in [0.1, 0.15) is 0 Å². The molecule has 0 unspecified atom stereocenters. The maximum Gasteiger partial charge on any atom is 0.333 e. The molecule has 17 heavy (non-hydrogen) atoms. The summed E-state index contributed by atoms with van der Waals surface area (Å²) < 4.78 is 4.58. The normalized spacial score (nSPS) is 12.2. The molecular formula is C15H16O2. The van der Waals surface area contributed by atoms with Gasteiger partial charge in [-0.2, -0.15) is 0 Å². The number of carbonyl (C=O) groups excluding carboxylic acids is 1. The largest absolute Gasteiger partial charge is 0.466 e. The zero-order chi connectivity index (χ0) is 12.5. The first-order chi connectivity index (χ1) is 8.24. The van der Waals surface area contributed by atoms with Crippen LogP contribution in [0.3, 0.4) is 0 Å². The van der Waals surface area contributed by atoms with Crippen LogP contribution in [0, 0.1) is 0 Å². The highest BCUT2D eigenvalue weighted by molar-refractivity contribution is 5.87. The molecule has 0 aliphatic carbocycles. The van der Waals surface area contributed by atoms with Crippen molar-refractivity contribution in [1.82, 2.24) is 0 Å². The lowest BCUT2D eigenvalue weighted by molar-refractivity contribution is -0.136. The van der Waals surface area contributed by atoms with E-state index in [-0.39, 0.29) is 5.97 Å². The average Bonchev–Trinajstić information content (AvgIpc) is 2.38. The highest BCUT2D eigenvalue weighted by Gasteiger charge is 1.99. The van der Waals surface area contributed by atoms with Crippen LogP contribution in [-0.4, -0.2) is 13.1 Å². The minimum atomic E-state index is -0.304. The van der Waals surface area contributed by atoms with E-state index in [2.05, 4.69) is 4.74 Å². The summed E-state index contributed by atoms with van der Waals surface area (Å²) >= 11 is 0. The molecule has 0 saturated heterocycles. The summed E-state index contributed by atoms with van der Waals surface area (Å²) in [5.41, 5.74) is 1.72. The minimum absolute atomic E-state index is 0.304. The van der Waals surface area contributed by atoms with Crippen LogP contribution >= 0.6 is 0 Å². The van der Waals surface area contributed by atoms with E-state index < -0.39 is 0 Å². The van der Waals surface area contributed by atoms with Gasteiger partial charge in [0, 0.05) is 5.57 Å². The van der Waals surface area contributed by atoms with E-state index in [9.17, 15) is 4.79 Å². The van der Waals surface area contributed by atoms with Crippen LogP contribution in [0.15, 0.2) is 60.2 Å². The van der Waals surface area contributed by atoms with Crippen molar-refractivity contribution < 1.29 is 9.53 Å². The Morgan fingerprint density at radius 3 is 2.47 bits per heavy atom. The molecule has 0 fully saturated rings. The molecule has 88 valence electrons. The van der Waals surface area contributed by atoms with Crippen molar-refractivity contribution in [2.45, 2.75) is 6.92 Å². The molecule has 0 bridgehead atoms. The number of hydrogen-bond donors (Lipinski definition) is 0. The van der Waals surface area contributed by atoms with Crippen molar-refractivity contribution in [2.24, 2.45) is 0 Å². The molecule has 0 N–H and O–H groups in total. The summed E-state index contributed by atoms with van der Waals surface area (Å²) in [4.78, 5) is 11.1. The second-order valence-corrected chi connectivity index (χ2v) is 3.50. The van der Waals surface area contributed by atoms with Gasteiger partial charge >= 0.3 is 5.97 Å². The summed E-state index contributed by atoms with van der Waals surface area (Å²) in [5, 5.41) is 0. The molecule has 0 atom stereocenters. The van der Waals surface area contributed by atoms with Crippen molar-refractivity contribution in [3.63, 3.8) is 0 Å². The first kappa shape index (κ1) is 13.0. The van der Waals surface area contributed by atoms with Crippen LogP contribution in [0.25, 0.3) is 6.08 Å². The Hall–Kier alpha value is -2.09. The third kappa shape index (κ3) is 4.98. The van der Waals surface area contributed by atoms with Crippen molar-refractivity contribution >= 4 is 12.0 Å². The lowest BCUT2D eigenvalue weighted by atomic mass is 10.2. The maximum absolute atomic E-state index is 11.1. The Labute approximate surface area is 102 Å². The van der Waals surface area contributed by atoms with Gasteiger partial charge in [-0.15, -0.1) is 0 Å². The Balaban J connectivity index is 2.51. The van der Waals surface area contributed by atoms with E-state index >= 15 is 0 Å². The highest BCUT2D eigenvalue weighted by Crippen LogP contribution is 2.01. The summed E-state index contributed by atoms with van der Waals surface area (Å²) in [6.45, 7) is 1.72. The van der Waals surface area contributed by atoms with Crippen LogP contribution in [-0.2, 0) is 9.53 Å². The Morgan fingerprint density at radius 1 is 1.12 bits per heavy atom. The predicted octanol–water partition coefficient (Wildman–Crippen LogP) is 3.38. The van der Waals surface area contributed by atoms with E-state index in [0.29, 0.717) is 5.57 Å². The first-order valence-corrected chi connectivity index (χ1v) is 5.39. The van der Waals surface area contributed by atoms with E-state index in [1.54, 1.807) is 13.0 Å². The molecule has 0 heterocycles. The SMILES string of the molecule is COC(=O)C(C)=CC=CC=Cc1ccccc1. The predicted molar refractivity (Wildman–Crippen MR) is 70.4 cm³/mol. The van der Waals surface area contributed by atoms with Gasteiger partial charge in [0.2, 0.25) is 0 Å². The smallest absolute Gasteiger partial charge is 0.333 e. The summed E-state index contributed by atoms with van der Waals surface area (Å²) in [6, 6.07) is 10.0. The minimum Gasteiger partial charge on any atom is -0.466 e. The van der Waals surface area contributed by atoms with Gasteiger partial charge in [-0.3, -0.25) is 0 Å². The standard InChI is InChI=1S/C15H16O2/c1-13(15(16)17-2)9-5-3-6-10-14-11-7-4-8-12-14/h3-12H,1-2H3. The number of carbonyl (C=O) groups is 1. The third-order valence-corrected chi connectivity index (χ3v) is 2.16. The van der Waals surface area contributed by atoms with Crippen molar-refractivity contribution in [1.29, 1.82) is 0 Å². The molecule has 0 aliphatic rings. The average molecular weight is 228 g/mol. The number of benzene rings is 1. The fourth-order valence-electron chi connectivity index (χ4n) is 1.22. The van der Waals surface area contributed by atoms with Crippen LogP contribution < -0.4 is 0 Å². The molecule has 0 aliphatic heterocycles. The third-order valence-electron chi connectivity index (χ3n) is 2.16. The molecule has 2 nitrogen and oxygen atoms in total. The van der Waals surface area contributed by atoms with Gasteiger partial charge in [-0.1, -0.05) is 60.7 Å². The molecule has 0 aromatic heterocycles. The summed E-state index contributed by atoms with van der Waals surface area (Å²) in [6.07, 6.45) is 9.33. The second-order valence-electron chi connectivity index (χ2n) is 3.50. The number of hydrogen-bond acceptors (Lipinski definition) is 2. The monoisotopic (exact) mass is 228 g/mol. The van der Waals surface area contributed by atoms with Gasteiger partial charge in [0.05, 0.1) is 7.11 Å². The van der Waals surface area contributed by atoms with Crippen molar-refractivity contribution in [3.8, 4) is 0 Å². The van der Waals surface area contributed by atoms with Gasteiger partial charge < -0.3 is 4.74 Å². The Morgan fingerprint density at radius 2 is 1.82 bits per heavy atom. The van der Waals surface area contributed by atoms with E-state index in [1.165, 1.54) is 7.11 Å². The molecule has 1 rings (SSSR count). The molecule has 0 amide bonds. The molecule has 0 saturated carbocycles. The Kier molecular flexibility index (Phi) is 5.52.